The average molecular weight is 285 g/mol. The summed E-state index contributed by atoms with van der Waals surface area (Å²) in [5.41, 5.74) is 0.880. The second-order valence-corrected chi connectivity index (χ2v) is 4.92. The SMILES string of the molecule is CC(=O)C1O[C@@H](C)OCC1OCc1ccccc1Cl. The topological polar surface area (TPSA) is 44.8 Å². The Morgan fingerprint density at radius 2 is 2.21 bits per heavy atom. The van der Waals surface area contributed by atoms with Crippen LogP contribution in [0, 0.1) is 0 Å². The van der Waals surface area contributed by atoms with E-state index >= 15 is 0 Å². The number of ether oxygens (including phenoxy) is 3. The minimum atomic E-state index is -0.578. The molecule has 0 spiro atoms. The van der Waals surface area contributed by atoms with Crippen molar-refractivity contribution in [2.45, 2.75) is 39.0 Å². The van der Waals surface area contributed by atoms with Crippen LogP contribution in [0.25, 0.3) is 0 Å². The second kappa shape index (κ2) is 6.48. The molecule has 1 aliphatic rings. The van der Waals surface area contributed by atoms with Crippen LogP contribution in [0.2, 0.25) is 5.02 Å². The molecule has 0 N–H and O–H groups in total. The number of hydrogen-bond acceptors (Lipinski definition) is 4. The number of halogens is 1. The second-order valence-electron chi connectivity index (χ2n) is 4.51. The van der Waals surface area contributed by atoms with Gasteiger partial charge in [-0.2, -0.15) is 0 Å². The van der Waals surface area contributed by atoms with Gasteiger partial charge in [0.1, 0.15) is 12.2 Å². The highest BCUT2D eigenvalue weighted by Crippen LogP contribution is 2.21. The zero-order chi connectivity index (χ0) is 13.8. The van der Waals surface area contributed by atoms with E-state index in [1.165, 1.54) is 6.92 Å². The van der Waals surface area contributed by atoms with Crippen LogP contribution in [-0.2, 0) is 25.6 Å². The van der Waals surface area contributed by atoms with E-state index in [0.717, 1.165) is 5.56 Å². The van der Waals surface area contributed by atoms with Crippen LogP contribution in [0.15, 0.2) is 24.3 Å². The van der Waals surface area contributed by atoms with E-state index in [4.69, 9.17) is 25.8 Å². The molecule has 1 heterocycles. The van der Waals surface area contributed by atoms with Gasteiger partial charge in [0.05, 0.1) is 13.2 Å². The predicted molar refractivity (Wildman–Crippen MR) is 71.0 cm³/mol. The normalized spacial score (nSPS) is 27.2. The van der Waals surface area contributed by atoms with Gasteiger partial charge in [-0.05, 0) is 25.5 Å². The van der Waals surface area contributed by atoms with Gasteiger partial charge >= 0.3 is 0 Å². The largest absolute Gasteiger partial charge is 0.368 e. The summed E-state index contributed by atoms with van der Waals surface area (Å²) in [6.45, 7) is 3.93. The fourth-order valence-electron chi connectivity index (χ4n) is 1.96. The van der Waals surface area contributed by atoms with Crippen LogP contribution >= 0.6 is 11.6 Å². The molecule has 0 radical (unpaired) electrons. The van der Waals surface area contributed by atoms with Gasteiger partial charge in [0.15, 0.2) is 12.1 Å². The van der Waals surface area contributed by atoms with Gasteiger partial charge in [0.25, 0.3) is 0 Å². The summed E-state index contributed by atoms with van der Waals surface area (Å²) in [5, 5.41) is 0.646. The molecule has 2 rings (SSSR count). The zero-order valence-corrected chi connectivity index (χ0v) is 11.7. The van der Waals surface area contributed by atoms with Crippen molar-refractivity contribution in [2.75, 3.05) is 6.61 Å². The Kier molecular flexibility index (Phi) is 4.93. The molecule has 1 aliphatic heterocycles. The fourth-order valence-corrected chi connectivity index (χ4v) is 2.15. The molecule has 4 nitrogen and oxygen atoms in total. The third kappa shape index (κ3) is 3.76. The van der Waals surface area contributed by atoms with Crippen molar-refractivity contribution in [3.05, 3.63) is 34.9 Å². The van der Waals surface area contributed by atoms with E-state index in [2.05, 4.69) is 0 Å². The van der Waals surface area contributed by atoms with Crippen molar-refractivity contribution in [2.24, 2.45) is 0 Å². The molecule has 0 saturated carbocycles. The van der Waals surface area contributed by atoms with Crippen molar-refractivity contribution in [3.8, 4) is 0 Å². The molecule has 1 fully saturated rings. The molecule has 19 heavy (non-hydrogen) atoms. The molecule has 1 aromatic carbocycles. The first-order valence-corrected chi connectivity index (χ1v) is 6.58. The molecule has 104 valence electrons. The van der Waals surface area contributed by atoms with E-state index in [9.17, 15) is 4.79 Å². The maximum Gasteiger partial charge on any atom is 0.161 e. The molecule has 2 unspecified atom stereocenters. The number of Topliss-reactive ketones (excluding diaryl/α,β-unsaturated/α-hetero) is 1. The number of rotatable bonds is 4. The number of benzene rings is 1. The van der Waals surface area contributed by atoms with Crippen LogP contribution < -0.4 is 0 Å². The minimum absolute atomic E-state index is 0.0562. The third-order valence-electron chi connectivity index (χ3n) is 2.98. The number of ketones is 1. The molecule has 5 heteroatoms. The molecular formula is C14H17ClO4. The van der Waals surface area contributed by atoms with Crippen LogP contribution in [-0.4, -0.2) is 30.9 Å². The fraction of sp³-hybridized carbons (Fsp3) is 0.500. The highest BCUT2D eigenvalue weighted by atomic mass is 35.5. The van der Waals surface area contributed by atoms with E-state index in [1.54, 1.807) is 13.0 Å². The number of carbonyl (C=O) groups is 1. The smallest absolute Gasteiger partial charge is 0.161 e. The van der Waals surface area contributed by atoms with Crippen molar-refractivity contribution in [1.29, 1.82) is 0 Å². The Morgan fingerprint density at radius 1 is 1.47 bits per heavy atom. The molecule has 0 aliphatic carbocycles. The molecule has 3 atom stereocenters. The van der Waals surface area contributed by atoms with Gasteiger partial charge in [-0.1, -0.05) is 29.8 Å². The summed E-state index contributed by atoms with van der Waals surface area (Å²) in [6, 6.07) is 7.44. The Balaban J connectivity index is 1.98. The number of carbonyl (C=O) groups excluding carboxylic acids is 1. The van der Waals surface area contributed by atoms with Gasteiger partial charge in [-0.15, -0.1) is 0 Å². The predicted octanol–water partition coefficient (Wildman–Crippen LogP) is 2.58. The highest BCUT2D eigenvalue weighted by Gasteiger charge is 2.34. The third-order valence-corrected chi connectivity index (χ3v) is 3.35. The lowest BCUT2D eigenvalue weighted by Crippen LogP contribution is -2.47. The number of hydrogen-bond donors (Lipinski definition) is 0. The lowest BCUT2D eigenvalue weighted by molar-refractivity contribution is -0.249. The van der Waals surface area contributed by atoms with E-state index in [1.807, 2.05) is 18.2 Å². The van der Waals surface area contributed by atoms with Crippen LogP contribution in [0.5, 0.6) is 0 Å². The lowest BCUT2D eigenvalue weighted by Gasteiger charge is -2.33. The average Bonchev–Trinajstić information content (AvgIpc) is 2.38. The Hall–Kier alpha value is -0.940. The van der Waals surface area contributed by atoms with Crippen LogP contribution in [0.1, 0.15) is 19.4 Å². The van der Waals surface area contributed by atoms with Gasteiger partial charge in [-0.3, -0.25) is 4.79 Å². The maximum absolute atomic E-state index is 11.5. The summed E-state index contributed by atoms with van der Waals surface area (Å²) < 4.78 is 16.5. The van der Waals surface area contributed by atoms with Crippen LogP contribution in [0.3, 0.4) is 0 Å². The van der Waals surface area contributed by atoms with Gasteiger partial charge < -0.3 is 14.2 Å². The van der Waals surface area contributed by atoms with E-state index < -0.39 is 12.2 Å². The van der Waals surface area contributed by atoms with Gasteiger partial charge in [0.2, 0.25) is 0 Å². The summed E-state index contributed by atoms with van der Waals surface area (Å²) in [5.74, 6) is -0.0562. The van der Waals surface area contributed by atoms with Crippen molar-refractivity contribution < 1.29 is 19.0 Å². The minimum Gasteiger partial charge on any atom is -0.368 e. The monoisotopic (exact) mass is 284 g/mol. The first-order valence-electron chi connectivity index (χ1n) is 6.20. The van der Waals surface area contributed by atoms with Crippen LogP contribution in [0.4, 0.5) is 0 Å². The zero-order valence-electron chi connectivity index (χ0n) is 11.0. The first-order chi connectivity index (χ1) is 9.08. The van der Waals surface area contributed by atoms with Crippen molar-refractivity contribution >= 4 is 17.4 Å². The van der Waals surface area contributed by atoms with Crippen molar-refractivity contribution in [1.82, 2.24) is 0 Å². The van der Waals surface area contributed by atoms with Crippen molar-refractivity contribution in [3.63, 3.8) is 0 Å². The maximum atomic E-state index is 11.5. The Bertz CT molecular complexity index is 449. The molecule has 0 amide bonds. The summed E-state index contributed by atoms with van der Waals surface area (Å²) in [6.07, 6.45) is -1.36. The Labute approximate surface area is 117 Å². The summed E-state index contributed by atoms with van der Waals surface area (Å²) in [7, 11) is 0. The standard InChI is InChI=1S/C14H17ClO4/c1-9(16)14-13(8-17-10(2)19-14)18-7-11-5-3-4-6-12(11)15/h3-6,10,13-14H,7-8H2,1-2H3/t10-,13?,14?/m0/s1. The lowest BCUT2D eigenvalue weighted by atomic mass is 10.1. The molecule has 0 aromatic heterocycles. The van der Waals surface area contributed by atoms with E-state index in [0.29, 0.717) is 18.2 Å². The summed E-state index contributed by atoms with van der Waals surface area (Å²) >= 11 is 6.05. The van der Waals surface area contributed by atoms with E-state index in [-0.39, 0.29) is 12.1 Å². The highest BCUT2D eigenvalue weighted by molar-refractivity contribution is 6.31. The molecular weight excluding hydrogens is 268 g/mol. The Morgan fingerprint density at radius 3 is 2.89 bits per heavy atom. The summed E-state index contributed by atoms with van der Waals surface area (Å²) in [4.78, 5) is 11.5. The molecule has 1 saturated heterocycles. The van der Waals surface area contributed by atoms with Gasteiger partial charge in [0, 0.05) is 5.02 Å². The molecule has 0 bridgehead atoms. The quantitative estimate of drug-likeness (QED) is 0.852. The van der Waals surface area contributed by atoms with Gasteiger partial charge in [-0.25, -0.2) is 0 Å². The molecule has 1 aromatic rings. The first kappa shape index (κ1) is 14.5.